The maximum Gasteiger partial charge on any atom is 0.337 e. The van der Waals surface area contributed by atoms with Crippen LogP contribution in [0.4, 0.5) is 0 Å². The number of hydrogen-bond acceptors (Lipinski definition) is 13. The highest BCUT2D eigenvalue weighted by molar-refractivity contribution is 5.90. The number of methoxy groups -OCH3 is 1. The minimum atomic E-state index is -1.69. The van der Waals surface area contributed by atoms with Crippen molar-refractivity contribution in [3.05, 3.63) is 47.2 Å². The van der Waals surface area contributed by atoms with Crippen LogP contribution in [0.15, 0.2) is 41.7 Å². The lowest BCUT2D eigenvalue weighted by Crippen LogP contribution is -2.60. The molecule has 0 amide bonds. The molecule has 210 valence electrons. The van der Waals surface area contributed by atoms with Crippen molar-refractivity contribution in [2.75, 3.05) is 20.3 Å². The van der Waals surface area contributed by atoms with E-state index in [1.165, 1.54) is 12.1 Å². The third-order valence-electron chi connectivity index (χ3n) is 6.29. The van der Waals surface area contributed by atoms with E-state index in [-0.39, 0.29) is 36.5 Å². The number of esters is 2. The third kappa shape index (κ3) is 6.62. The summed E-state index contributed by atoms with van der Waals surface area (Å²) in [5, 5.41) is 58.8. The molecule has 13 nitrogen and oxygen atoms in total. The highest BCUT2D eigenvalue weighted by Gasteiger charge is 2.46. The van der Waals surface area contributed by atoms with Crippen LogP contribution in [0.25, 0.3) is 0 Å². The first-order valence-electron chi connectivity index (χ1n) is 11.8. The molecule has 2 heterocycles. The maximum absolute atomic E-state index is 12.7. The van der Waals surface area contributed by atoms with E-state index in [0.29, 0.717) is 11.1 Å². The Labute approximate surface area is 218 Å². The predicted octanol–water partition coefficient (Wildman–Crippen LogP) is -0.634. The van der Waals surface area contributed by atoms with Crippen LogP contribution >= 0.6 is 0 Å². The molecular weight excluding hydrogens is 508 g/mol. The number of phenols is 2. The van der Waals surface area contributed by atoms with Crippen molar-refractivity contribution in [1.82, 2.24) is 0 Å². The molecule has 7 atom stereocenters. The molecule has 1 fully saturated rings. The molecule has 0 unspecified atom stereocenters. The van der Waals surface area contributed by atoms with E-state index in [0.717, 1.165) is 13.4 Å². The maximum atomic E-state index is 12.7. The first kappa shape index (κ1) is 29.4. The summed E-state index contributed by atoms with van der Waals surface area (Å²) in [4.78, 5) is 25.1. The van der Waals surface area contributed by atoms with Crippen molar-refractivity contribution in [3.63, 3.8) is 0 Å². The Hall–Kier alpha value is -3.20. The van der Waals surface area contributed by atoms with Crippen LogP contribution in [-0.4, -0.2) is 99.9 Å². The molecule has 2 aliphatic rings. The highest BCUT2D eigenvalue weighted by Crippen LogP contribution is 2.36. The number of phenolic OH excluding ortho intramolecular Hbond substituents is 2. The van der Waals surface area contributed by atoms with Gasteiger partial charge in [0.1, 0.15) is 24.4 Å². The van der Waals surface area contributed by atoms with Gasteiger partial charge in [0.15, 0.2) is 17.8 Å². The van der Waals surface area contributed by atoms with Crippen LogP contribution in [0, 0.1) is 5.92 Å². The molecule has 1 aromatic rings. The monoisotopic (exact) mass is 540 g/mol. The smallest absolute Gasteiger partial charge is 0.337 e. The average Bonchev–Trinajstić information content (AvgIpc) is 2.90. The van der Waals surface area contributed by atoms with Crippen LogP contribution < -0.4 is 0 Å². The summed E-state index contributed by atoms with van der Waals surface area (Å²) in [6.45, 7) is 0.912. The predicted molar refractivity (Wildman–Crippen MR) is 126 cm³/mol. The Morgan fingerprint density at radius 3 is 2.45 bits per heavy atom. The van der Waals surface area contributed by atoms with Gasteiger partial charge >= 0.3 is 11.9 Å². The van der Waals surface area contributed by atoms with E-state index < -0.39 is 61.5 Å². The minimum Gasteiger partial charge on any atom is -0.504 e. The molecule has 1 aromatic carbocycles. The van der Waals surface area contributed by atoms with E-state index in [1.54, 1.807) is 19.1 Å². The Balaban J connectivity index is 1.71. The van der Waals surface area contributed by atoms with Crippen molar-refractivity contribution in [1.29, 1.82) is 0 Å². The Kier molecular flexibility index (Phi) is 10.1. The van der Waals surface area contributed by atoms with Crippen LogP contribution in [-0.2, 0) is 39.7 Å². The lowest BCUT2D eigenvalue weighted by molar-refractivity contribution is -0.327. The third-order valence-corrected chi connectivity index (χ3v) is 6.29. The van der Waals surface area contributed by atoms with Gasteiger partial charge in [-0.3, -0.25) is 4.79 Å². The lowest BCUT2D eigenvalue weighted by Gasteiger charge is -2.41. The second kappa shape index (κ2) is 13.0. The summed E-state index contributed by atoms with van der Waals surface area (Å²) >= 11 is 0. The number of carbonyl (C=O) groups is 2. The lowest BCUT2D eigenvalue weighted by atomic mass is 9.86. The normalized spacial score (nSPS) is 30.3. The van der Waals surface area contributed by atoms with Crippen molar-refractivity contribution >= 4 is 11.9 Å². The van der Waals surface area contributed by atoms with Crippen molar-refractivity contribution in [2.24, 2.45) is 5.92 Å². The van der Waals surface area contributed by atoms with Crippen molar-refractivity contribution < 1.29 is 63.9 Å². The Morgan fingerprint density at radius 2 is 1.82 bits per heavy atom. The molecule has 0 aromatic heterocycles. The summed E-state index contributed by atoms with van der Waals surface area (Å²) in [6.07, 6.45) is -6.39. The SMILES string of the molecule is CC=C1[C@H](O[C@@H]2O[C@@H](CO)[C@@H](O)[C@H](O)[C@H]2O)OC=C(C(=O)OC)[C@H]1CC(=O)OCCc1ccc(O)c(O)c1. The molecule has 0 saturated carbocycles. The van der Waals surface area contributed by atoms with E-state index in [1.807, 2.05) is 0 Å². The number of aliphatic hydroxyl groups excluding tert-OH is 4. The van der Waals surface area contributed by atoms with Crippen LogP contribution in [0.1, 0.15) is 18.9 Å². The quantitative estimate of drug-likeness (QED) is 0.131. The summed E-state index contributed by atoms with van der Waals surface area (Å²) in [6, 6.07) is 4.23. The van der Waals surface area contributed by atoms with Gasteiger partial charge in [0.25, 0.3) is 0 Å². The van der Waals surface area contributed by atoms with E-state index in [2.05, 4.69) is 0 Å². The molecule has 3 rings (SSSR count). The van der Waals surface area contributed by atoms with E-state index >= 15 is 0 Å². The van der Waals surface area contributed by atoms with Gasteiger partial charge in [-0.2, -0.15) is 0 Å². The second-order valence-electron chi connectivity index (χ2n) is 8.71. The number of allylic oxidation sites excluding steroid dienone is 1. The first-order chi connectivity index (χ1) is 18.1. The summed E-state index contributed by atoms with van der Waals surface area (Å²) in [5.41, 5.74) is 0.927. The standard InChI is InChI=1S/C25H32O13/c1-3-13-14(9-19(29)35-7-6-12-4-5-16(27)17(28)8-12)15(23(33)34-2)11-36-24(13)38-25-22(32)21(31)20(30)18(10-26)37-25/h3-5,8,11,14,18,20-22,24-28,30-32H,6-7,9-10H2,1-2H3/t14-,18-,20+,21-,22+,24-,25-/m0/s1. The fourth-order valence-corrected chi connectivity index (χ4v) is 4.16. The van der Waals surface area contributed by atoms with Gasteiger partial charge in [-0.1, -0.05) is 12.1 Å². The van der Waals surface area contributed by atoms with Crippen LogP contribution in [0.3, 0.4) is 0 Å². The van der Waals surface area contributed by atoms with Crippen molar-refractivity contribution in [3.8, 4) is 11.5 Å². The molecule has 1 saturated heterocycles. The minimum absolute atomic E-state index is 0.00894. The van der Waals surface area contributed by atoms with Gasteiger partial charge in [-0.25, -0.2) is 4.79 Å². The topological polar surface area (TPSA) is 202 Å². The van der Waals surface area contributed by atoms with Gasteiger partial charge < -0.3 is 54.3 Å². The molecule has 13 heteroatoms. The first-order valence-corrected chi connectivity index (χ1v) is 11.8. The fraction of sp³-hybridized carbons (Fsp3) is 0.520. The summed E-state index contributed by atoms with van der Waals surface area (Å²) < 4.78 is 26.7. The molecule has 0 bridgehead atoms. The summed E-state index contributed by atoms with van der Waals surface area (Å²) in [7, 11) is 1.16. The highest BCUT2D eigenvalue weighted by atomic mass is 16.8. The molecule has 0 radical (unpaired) electrons. The van der Waals surface area contributed by atoms with Crippen LogP contribution in [0.2, 0.25) is 0 Å². The Bertz CT molecular complexity index is 1050. The number of hydrogen-bond donors (Lipinski definition) is 6. The zero-order valence-corrected chi connectivity index (χ0v) is 20.8. The second-order valence-corrected chi connectivity index (χ2v) is 8.71. The number of ether oxygens (including phenoxy) is 5. The molecular formula is C25H32O13. The average molecular weight is 541 g/mol. The van der Waals surface area contributed by atoms with E-state index in [9.17, 15) is 40.2 Å². The zero-order valence-electron chi connectivity index (χ0n) is 20.8. The largest absolute Gasteiger partial charge is 0.504 e. The molecule has 6 N–H and O–H groups in total. The van der Waals surface area contributed by atoms with Gasteiger partial charge in [0.2, 0.25) is 6.29 Å². The van der Waals surface area contributed by atoms with Crippen LogP contribution in [0.5, 0.6) is 11.5 Å². The Morgan fingerprint density at radius 1 is 1.08 bits per heavy atom. The van der Waals surface area contributed by atoms with Gasteiger partial charge in [-0.15, -0.1) is 0 Å². The fourth-order valence-electron chi connectivity index (χ4n) is 4.16. The number of aliphatic hydroxyl groups is 4. The summed E-state index contributed by atoms with van der Waals surface area (Å²) in [5.74, 6) is -2.89. The number of rotatable bonds is 9. The molecule has 2 aliphatic heterocycles. The molecule has 0 spiro atoms. The van der Waals surface area contributed by atoms with Gasteiger partial charge in [0.05, 0.1) is 38.6 Å². The van der Waals surface area contributed by atoms with Gasteiger partial charge in [0, 0.05) is 17.9 Å². The number of carbonyl (C=O) groups excluding carboxylic acids is 2. The van der Waals surface area contributed by atoms with Crippen molar-refractivity contribution in [2.45, 2.75) is 56.8 Å². The van der Waals surface area contributed by atoms with Gasteiger partial charge in [-0.05, 0) is 24.6 Å². The molecule has 0 aliphatic carbocycles. The van der Waals surface area contributed by atoms with E-state index in [4.69, 9.17) is 23.7 Å². The molecule has 38 heavy (non-hydrogen) atoms. The number of benzene rings is 1. The zero-order chi connectivity index (χ0) is 28.0. The number of aromatic hydroxyl groups is 2.